The van der Waals surface area contributed by atoms with Crippen LogP contribution >= 0.6 is 0 Å². The molecule has 1 aliphatic heterocycles. The normalized spacial score (nSPS) is 23.3. The second-order valence-electron chi connectivity index (χ2n) is 4.97. The zero-order valence-electron chi connectivity index (χ0n) is 11.8. The molecular formula is C12H22N4O3S. The molecule has 0 spiro atoms. The molecule has 0 radical (unpaired) electrons. The van der Waals surface area contributed by atoms with E-state index >= 15 is 0 Å². The lowest BCUT2D eigenvalue weighted by Gasteiger charge is -2.17. The van der Waals surface area contributed by atoms with Gasteiger partial charge in [-0.05, 0) is 19.9 Å². The highest BCUT2D eigenvalue weighted by Crippen LogP contribution is 2.23. The molecule has 1 aromatic rings. The Morgan fingerprint density at radius 2 is 2.35 bits per heavy atom. The van der Waals surface area contributed by atoms with E-state index in [1.54, 1.807) is 7.05 Å². The molecule has 8 heteroatoms. The first kappa shape index (κ1) is 15.4. The van der Waals surface area contributed by atoms with Crippen molar-refractivity contribution in [3.8, 4) is 0 Å². The molecule has 0 aromatic carbocycles. The Bertz CT molecular complexity index is 529. The number of nitrogens with one attached hydrogen (secondary N) is 3. The second-order valence-corrected chi connectivity index (χ2v) is 6.68. The van der Waals surface area contributed by atoms with Crippen molar-refractivity contribution >= 4 is 10.0 Å². The molecule has 2 atom stereocenters. The molecule has 114 valence electrons. The van der Waals surface area contributed by atoms with Crippen LogP contribution < -0.4 is 10.0 Å². The van der Waals surface area contributed by atoms with Crippen LogP contribution in [0.2, 0.25) is 0 Å². The van der Waals surface area contributed by atoms with E-state index in [0.717, 1.165) is 12.8 Å². The van der Waals surface area contributed by atoms with E-state index in [1.165, 1.54) is 6.20 Å². The number of aromatic amines is 1. The zero-order chi connectivity index (χ0) is 14.6. The second kappa shape index (κ2) is 6.66. The largest absolute Gasteiger partial charge is 0.378 e. The van der Waals surface area contributed by atoms with Gasteiger partial charge in [-0.3, -0.25) is 5.10 Å². The van der Waals surface area contributed by atoms with E-state index in [2.05, 4.69) is 27.2 Å². The van der Waals surface area contributed by atoms with Crippen molar-refractivity contribution in [1.82, 2.24) is 20.2 Å². The molecule has 0 amide bonds. The van der Waals surface area contributed by atoms with E-state index in [-0.39, 0.29) is 17.0 Å². The van der Waals surface area contributed by atoms with E-state index in [4.69, 9.17) is 4.74 Å². The van der Waals surface area contributed by atoms with Crippen molar-refractivity contribution in [3.63, 3.8) is 0 Å². The summed E-state index contributed by atoms with van der Waals surface area (Å²) < 4.78 is 32.8. The fourth-order valence-electron chi connectivity index (χ4n) is 2.51. The van der Waals surface area contributed by atoms with Gasteiger partial charge in [-0.25, -0.2) is 13.1 Å². The molecule has 2 heterocycles. The van der Waals surface area contributed by atoms with Gasteiger partial charge in [0.25, 0.3) is 10.0 Å². The van der Waals surface area contributed by atoms with Crippen molar-refractivity contribution in [2.45, 2.75) is 37.4 Å². The molecule has 1 aromatic heterocycles. The van der Waals surface area contributed by atoms with Gasteiger partial charge in [0.1, 0.15) is 0 Å². The molecule has 1 fully saturated rings. The van der Waals surface area contributed by atoms with Gasteiger partial charge >= 0.3 is 0 Å². The van der Waals surface area contributed by atoms with Gasteiger partial charge in [0.2, 0.25) is 0 Å². The van der Waals surface area contributed by atoms with Gasteiger partial charge in [-0.1, -0.05) is 6.92 Å². The summed E-state index contributed by atoms with van der Waals surface area (Å²) in [7, 11) is -1.79. The highest BCUT2D eigenvalue weighted by molar-refractivity contribution is 7.89. The lowest BCUT2D eigenvalue weighted by Crippen LogP contribution is -2.33. The summed E-state index contributed by atoms with van der Waals surface area (Å²) in [6, 6.07) is 0. The number of nitrogens with zero attached hydrogens (tertiary/aromatic N) is 1. The van der Waals surface area contributed by atoms with Gasteiger partial charge in [0.05, 0.1) is 12.3 Å². The van der Waals surface area contributed by atoms with E-state index in [0.29, 0.717) is 25.3 Å². The van der Waals surface area contributed by atoms with Crippen LogP contribution in [0, 0.1) is 5.92 Å². The molecule has 20 heavy (non-hydrogen) atoms. The van der Waals surface area contributed by atoms with Crippen LogP contribution in [0.4, 0.5) is 0 Å². The summed E-state index contributed by atoms with van der Waals surface area (Å²) >= 11 is 0. The monoisotopic (exact) mass is 302 g/mol. The minimum Gasteiger partial charge on any atom is -0.378 e. The van der Waals surface area contributed by atoms with Gasteiger partial charge in [0, 0.05) is 31.2 Å². The summed E-state index contributed by atoms with van der Waals surface area (Å²) in [5.41, 5.74) is 0.634. The summed E-state index contributed by atoms with van der Waals surface area (Å²) in [6.45, 7) is 3.62. The van der Waals surface area contributed by atoms with Gasteiger partial charge in [-0.2, -0.15) is 5.10 Å². The van der Waals surface area contributed by atoms with Gasteiger partial charge in [0.15, 0.2) is 5.03 Å². The average Bonchev–Trinajstić information content (AvgIpc) is 3.05. The molecule has 0 saturated carbocycles. The third kappa shape index (κ3) is 3.38. The molecule has 0 bridgehead atoms. The molecule has 3 N–H and O–H groups in total. The SMILES string of the molecule is CCC1OCCC1CNS(=O)(=O)c1[nH]ncc1CNC. The fourth-order valence-corrected chi connectivity index (χ4v) is 3.74. The average molecular weight is 302 g/mol. The molecule has 1 saturated heterocycles. The smallest absolute Gasteiger partial charge is 0.257 e. The van der Waals surface area contributed by atoms with Crippen LogP contribution in [0.15, 0.2) is 11.2 Å². The Hall–Kier alpha value is -0.960. The Kier molecular flexibility index (Phi) is 5.14. The molecule has 2 unspecified atom stereocenters. The van der Waals surface area contributed by atoms with Gasteiger partial charge in [-0.15, -0.1) is 0 Å². The van der Waals surface area contributed by atoms with Crippen molar-refractivity contribution in [3.05, 3.63) is 11.8 Å². The lowest BCUT2D eigenvalue weighted by atomic mass is 10.0. The van der Waals surface area contributed by atoms with Crippen LogP contribution in [-0.2, 0) is 21.3 Å². The summed E-state index contributed by atoms with van der Waals surface area (Å²) in [5, 5.41) is 9.43. The maximum atomic E-state index is 12.3. The molecule has 2 rings (SSSR count). The topological polar surface area (TPSA) is 96.1 Å². The van der Waals surface area contributed by atoms with E-state index in [1.807, 2.05) is 0 Å². The van der Waals surface area contributed by atoms with Crippen molar-refractivity contribution in [2.24, 2.45) is 5.92 Å². The van der Waals surface area contributed by atoms with Gasteiger partial charge < -0.3 is 10.1 Å². The minimum absolute atomic E-state index is 0.138. The Morgan fingerprint density at radius 1 is 1.55 bits per heavy atom. The number of H-pyrrole nitrogens is 1. The minimum atomic E-state index is -3.55. The standard InChI is InChI=1S/C12H22N4O3S/c1-3-11-9(4-5-19-11)8-15-20(17,18)12-10(6-13-2)7-14-16-12/h7,9,11,13,15H,3-6,8H2,1-2H3,(H,14,16). The molecule has 0 aliphatic carbocycles. The Balaban J connectivity index is 2.02. The first-order chi connectivity index (χ1) is 9.58. The maximum Gasteiger partial charge on any atom is 0.257 e. The third-order valence-electron chi connectivity index (χ3n) is 3.60. The van der Waals surface area contributed by atoms with Crippen LogP contribution in [0.1, 0.15) is 25.3 Å². The number of sulfonamides is 1. The van der Waals surface area contributed by atoms with Crippen LogP contribution in [0.25, 0.3) is 0 Å². The van der Waals surface area contributed by atoms with Crippen LogP contribution in [-0.4, -0.2) is 44.9 Å². The fraction of sp³-hybridized carbons (Fsp3) is 0.750. The maximum absolute atomic E-state index is 12.3. The predicted molar refractivity (Wildman–Crippen MR) is 74.7 cm³/mol. The number of hydrogen-bond acceptors (Lipinski definition) is 5. The summed E-state index contributed by atoms with van der Waals surface area (Å²) in [5.74, 6) is 0.241. The first-order valence-corrected chi connectivity index (χ1v) is 8.35. The van der Waals surface area contributed by atoms with E-state index < -0.39 is 10.0 Å². The van der Waals surface area contributed by atoms with Crippen molar-refractivity contribution < 1.29 is 13.2 Å². The number of aromatic nitrogens is 2. The molecule has 7 nitrogen and oxygen atoms in total. The Morgan fingerprint density at radius 3 is 3.05 bits per heavy atom. The summed E-state index contributed by atoms with van der Waals surface area (Å²) in [6.07, 6.45) is 3.48. The van der Waals surface area contributed by atoms with Crippen LogP contribution in [0.5, 0.6) is 0 Å². The van der Waals surface area contributed by atoms with Crippen molar-refractivity contribution in [2.75, 3.05) is 20.2 Å². The van der Waals surface area contributed by atoms with Crippen LogP contribution in [0.3, 0.4) is 0 Å². The number of hydrogen-bond donors (Lipinski definition) is 3. The number of ether oxygens (including phenoxy) is 1. The Labute approximate surface area is 119 Å². The summed E-state index contributed by atoms with van der Waals surface area (Å²) in [4.78, 5) is 0. The quantitative estimate of drug-likeness (QED) is 0.670. The van der Waals surface area contributed by atoms with E-state index in [9.17, 15) is 8.42 Å². The predicted octanol–water partition coefficient (Wildman–Crippen LogP) is 0.223. The zero-order valence-corrected chi connectivity index (χ0v) is 12.7. The molecular weight excluding hydrogens is 280 g/mol. The highest BCUT2D eigenvalue weighted by atomic mass is 32.2. The lowest BCUT2D eigenvalue weighted by molar-refractivity contribution is 0.0884. The highest BCUT2D eigenvalue weighted by Gasteiger charge is 2.29. The van der Waals surface area contributed by atoms with Crippen molar-refractivity contribution in [1.29, 1.82) is 0 Å². The molecule has 1 aliphatic rings. The number of rotatable bonds is 7. The first-order valence-electron chi connectivity index (χ1n) is 6.86. The third-order valence-corrected chi connectivity index (χ3v) is 5.04.